The molecule has 0 aliphatic rings. The van der Waals surface area contributed by atoms with Crippen LogP contribution < -0.4 is 10.2 Å². The Bertz CT molecular complexity index is 534. The van der Waals surface area contributed by atoms with E-state index in [1.54, 1.807) is 23.1 Å². The maximum absolute atomic E-state index is 4.52. The zero-order chi connectivity index (χ0) is 14.5. The van der Waals surface area contributed by atoms with Crippen molar-refractivity contribution in [3.8, 4) is 0 Å². The molecule has 0 aliphatic heterocycles. The zero-order valence-corrected chi connectivity index (χ0v) is 13.8. The van der Waals surface area contributed by atoms with Crippen molar-refractivity contribution in [3.05, 3.63) is 24.0 Å². The fourth-order valence-corrected chi connectivity index (χ4v) is 3.45. The molecular weight excluding hydrogens is 290 g/mol. The van der Waals surface area contributed by atoms with E-state index in [0.717, 1.165) is 26.5 Å². The van der Waals surface area contributed by atoms with Crippen molar-refractivity contribution in [3.63, 3.8) is 0 Å². The summed E-state index contributed by atoms with van der Waals surface area (Å²) >= 11 is 3.18. The molecule has 0 fully saturated rings. The maximum Gasteiger partial charge on any atom is 0.208 e. The minimum Gasteiger partial charge on any atom is -0.353 e. The summed E-state index contributed by atoms with van der Waals surface area (Å²) in [7, 11) is 5.89. The molecule has 0 aliphatic carbocycles. The van der Waals surface area contributed by atoms with E-state index in [0.29, 0.717) is 6.04 Å². The molecule has 7 heteroatoms. The first kappa shape index (κ1) is 15.2. The van der Waals surface area contributed by atoms with Crippen LogP contribution in [-0.4, -0.2) is 36.3 Å². The molecule has 0 aromatic carbocycles. The average Bonchev–Trinajstić information content (AvgIpc) is 2.91. The molecule has 20 heavy (non-hydrogen) atoms. The molecule has 1 N–H and O–H groups in total. The summed E-state index contributed by atoms with van der Waals surface area (Å²) in [6.07, 6.45) is 2.93. The lowest BCUT2D eigenvalue weighted by Gasteiger charge is -2.12. The SMILES string of the molecule is CCC(NC)c1ccc(Sc2nnc(N(C)C)s2)cn1. The first-order valence-electron chi connectivity index (χ1n) is 6.46. The molecule has 5 nitrogen and oxygen atoms in total. The van der Waals surface area contributed by atoms with Crippen LogP contribution in [0.5, 0.6) is 0 Å². The normalized spacial score (nSPS) is 12.4. The predicted octanol–water partition coefficient (Wildman–Crippen LogP) is 2.82. The van der Waals surface area contributed by atoms with Gasteiger partial charge >= 0.3 is 0 Å². The van der Waals surface area contributed by atoms with Gasteiger partial charge in [-0.25, -0.2) is 0 Å². The maximum atomic E-state index is 4.52. The Hall–Kier alpha value is -1.18. The van der Waals surface area contributed by atoms with Crippen molar-refractivity contribution >= 4 is 28.2 Å². The van der Waals surface area contributed by atoms with Crippen LogP contribution in [0.4, 0.5) is 5.13 Å². The van der Waals surface area contributed by atoms with Crippen LogP contribution in [0.1, 0.15) is 25.1 Å². The molecule has 2 rings (SSSR count). The summed E-state index contributed by atoms with van der Waals surface area (Å²) in [5.74, 6) is 0. The van der Waals surface area contributed by atoms with Crippen molar-refractivity contribution in [1.29, 1.82) is 0 Å². The molecular formula is C13H19N5S2. The van der Waals surface area contributed by atoms with Gasteiger partial charge in [-0.1, -0.05) is 30.0 Å². The smallest absolute Gasteiger partial charge is 0.208 e. The first-order chi connectivity index (χ1) is 9.63. The van der Waals surface area contributed by atoms with Crippen molar-refractivity contribution in [2.45, 2.75) is 28.6 Å². The van der Waals surface area contributed by atoms with Crippen molar-refractivity contribution in [2.24, 2.45) is 0 Å². The van der Waals surface area contributed by atoms with E-state index in [2.05, 4.69) is 39.6 Å². The molecule has 2 aromatic rings. The highest BCUT2D eigenvalue weighted by Crippen LogP contribution is 2.32. The van der Waals surface area contributed by atoms with E-state index in [1.165, 1.54) is 0 Å². The quantitative estimate of drug-likeness (QED) is 0.885. The molecule has 0 saturated carbocycles. The van der Waals surface area contributed by atoms with Gasteiger partial charge in [-0.2, -0.15) is 0 Å². The predicted molar refractivity (Wildman–Crippen MR) is 84.7 cm³/mol. The number of rotatable bonds is 6. The monoisotopic (exact) mass is 309 g/mol. The molecule has 0 radical (unpaired) electrons. The minimum absolute atomic E-state index is 0.316. The summed E-state index contributed by atoms with van der Waals surface area (Å²) in [6.45, 7) is 2.15. The van der Waals surface area contributed by atoms with Crippen LogP contribution in [0.2, 0.25) is 0 Å². The fraction of sp³-hybridized carbons (Fsp3) is 0.462. The second-order valence-electron chi connectivity index (χ2n) is 4.52. The third-order valence-corrected chi connectivity index (χ3v) is 4.98. The van der Waals surface area contributed by atoms with E-state index < -0.39 is 0 Å². The first-order valence-corrected chi connectivity index (χ1v) is 8.09. The third-order valence-electron chi connectivity index (χ3n) is 2.86. The Morgan fingerprint density at radius 1 is 1.35 bits per heavy atom. The Kier molecular flexibility index (Phi) is 5.33. The second kappa shape index (κ2) is 7.01. The number of aromatic nitrogens is 3. The largest absolute Gasteiger partial charge is 0.353 e. The highest BCUT2D eigenvalue weighted by molar-refractivity contribution is 8.01. The lowest BCUT2D eigenvalue weighted by Crippen LogP contribution is -2.16. The minimum atomic E-state index is 0.316. The second-order valence-corrected chi connectivity index (χ2v) is 6.79. The summed E-state index contributed by atoms with van der Waals surface area (Å²) in [5.41, 5.74) is 1.07. The summed E-state index contributed by atoms with van der Waals surface area (Å²) in [4.78, 5) is 7.57. The Balaban J connectivity index is 2.06. The lowest BCUT2D eigenvalue weighted by atomic mass is 10.1. The molecule has 0 spiro atoms. The summed E-state index contributed by atoms with van der Waals surface area (Å²) < 4.78 is 0.934. The molecule has 2 aromatic heterocycles. The average molecular weight is 309 g/mol. The molecule has 1 atom stereocenters. The van der Waals surface area contributed by atoms with E-state index in [-0.39, 0.29) is 0 Å². The molecule has 1 unspecified atom stereocenters. The number of nitrogens with one attached hydrogen (secondary N) is 1. The van der Waals surface area contributed by atoms with Crippen LogP contribution in [0.25, 0.3) is 0 Å². The van der Waals surface area contributed by atoms with Gasteiger partial charge in [-0.3, -0.25) is 4.98 Å². The lowest BCUT2D eigenvalue weighted by molar-refractivity contribution is 0.561. The van der Waals surface area contributed by atoms with Gasteiger partial charge in [-0.05, 0) is 25.6 Å². The van der Waals surface area contributed by atoms with Gasteiger partial charge in [0.2, 0.25) is 5.13 Å². The topological polar surface area (TPSA) is 53.9 Å². The van der Waals surface area contributed by atoms with Gasteiger partial charge < -0.3 is 10.2 Å². The zero-order valence-electron chi connectivity index (χ0n) is 12.1. The van der Waals surface area contributed by atoms with Crippen molar-refractivity contribution in [2.75, 3.05) is 26.0 Å². The third kappa shape index (κ3) is 3.68. The standard InChI is InChI=1S/C13H19N5S2/c1-5-10(14-2)11-7-6-9(8-15-11)19-13-17-16-12(20-13)18(3)4/h6-8,10,14H,5H2,1-4H3. The Morgan fingerprint density at radius 3 is 2.65 bits per heavy atom. The Morgan fingerprint density at radius 2 is 2.15 bits per heavy atom. The van der Waals surface area contributed by atoms with Gasteiger partial charge in [0.1, 0.15) is 0 Å². The van der Waals surface area contributed by atoms with Crippen LogP contribution >= 0.6 is 23.1 Å². The van der Waals surface area contributed by atoms with E-state index in [9.17, 15) is 0 Å². The number of hydrogen-bond donors (Lipinski definition) is 1. The number of hydrogen-bond acceptors (Lipinski definition) is 7. The van der Waals surface area contributed by atoms with Crippen LogP contribution in [0, 0.1) is 0 Å². The summed E-state index contributed by atoms with van der Waals surface area (Å²) in [5, 5.41) is 12.5. The summed E-state index contributed by atoms with van der Waals surface area (Å²) in [6, 6.07) is 4.47. The van der Waals surface area contributed by atoms with E-state index in [1.807, 2.05) is 32.2 Å². The van der Waals surface area contributed by atoms with Gasteiger partial charge in [0.25, 0.3) is 0 Å². The van der Waals surface area contributed by atoms with Crippen LogP contribution in [0.15, 0.2) is 27.6 Å². The molecule has 0 amide bonds. The van der Waals surface area contributed by atoms with Gasteiger partial charge in [-0.15, -0.1) is 10.2 Å². The van der Waals surface area contributed by atoms with E-state index >= 15 is 0 Å². The van der Waals surface area contributed by atoms with E-state index in [4.69, 9.17) is 0 Å². The number of pyridine rings is 1. The molecule has 0 saturated heterocycles. The number of nitrogens with zero attached hydrogens (tertiary/aromatic N) is 4. The van der Waals surface area contributed by atoms with Crippen LogP contribution in [-0.2, 0) is 0 Å². The van der Waals surface area contributed by atoms with Gasteiger partial charge in [0.05, 0.1) is 5.69 Å². The highest BCUT2D eigenvalue weighted by atomic mass is 32.2. The highest BCUT2D eigenvalue weighted by Gasteiger charge is 2.10. The van der Waals surface area contributed by atoms with Gasteiger partial charge in [0, 0.05) is 31.2 Å². The molecule has 2 heterocycles. The van der Waals surface area contributed by atoms with Gasteiger partial charge in [0.15, 0.2) is 4.34 Å². The Labute approximate surface area is 127 Å². The molecule has 108 valence electrons. The van der Waals surface area contributed by atoms with Crippen LogP contribution in [0.3, 0.4) is 0 Å². The van der Waals surface area contributed by atoms with Crippen molar-refractivity contribution < 1.29 is 0 Å². The fourth-order valence-electron chi connectivity index (χ4n) is 1.74. The molecule has 0 bridgehead atoms. The number of anilines is 1. The van der Waals surface area contributed by atoms with Crippen molar-refractivity contribution in [1.82, 2.24) is 20.5 Å².